The maximum atomic E-state index is 12.1. The van der Waals surface area contributed by atoms with Gasteiger partial charge in [-0.05, 0) is 29.8 Å². The highest BCUT2D eigenvalue weighted by Gasteiger charge is 2.39. The molecule has 0 unspecified atom stereocenters. The molecule has 0 amide bonds. The van der Waals surface area contributed by atoms with Gasteiger partial charge in [0.2, 0.25) is 4.34 Å². The molecule has 17 heavy (non-hydrogen) atoms. The Morgan fingerprint density at radius 3 is 2.71 bits per heavy atom. The van der Waals surface area contributed by atoms with Crippen LogP contribution in [-0.2, 0) is 14.8 Å². The maximum absolute atomic E-state index is 12.1. The Kier molecular flexibility index (Phi) is 3.89. The van der Waals surface area contributed by atoms with Crippen LogP contribution >= 0.6 is 27.3 Å². The van der Waals surface area contributed by atoms with Gasteiger partial charge in [0.15, 0.2) is 0 Å². The van der Waals surface area contributed by atoms with Crippen molar-refractivity contribution in [3.05, 3.63) is 9.48 Å². The van der Waals surface area contributed by atoms with Crippen molar-refractivity contribution in [3.63, 3.8) is 0 Å². The number of aryl methyl sites for hydroxylation is 1. The molecular formula is C9H13BrN2O3S2. The second-order valence-corrected chi connectivity index (χ2v) is 8.17. The Balaban J connectivity index is 2.11. The SMILES string of the molecule is CCOC1CN(S(=O)(=O)c2nc(C)c(Br)s2)C1. The lowest BCUT2D eigenvalue weighted by molar-refractivity contribution is -0.0135. The van der Waals surface area contributed by atoms with Crippen molar-refractivity contribution >= 4 is 37.3 Å². The third kappa shape index (κ3) is 2.55. The van der Waals surface area contributed by atoms with E-state index >= 15 is 0 Å². The number of thiazole rings is 1. The van der Waals surface area contributed by atoms with Crippen molar-refractivity contribution in [2.75, 3.05) is 19.7 Å². The Hall–Kier alpha value is -0.0200. The van der Waals surface area contributed by atoms with Gasteiger partial charge in [0.05, 0.1) is 15.6 Å². The number of hydrogen-bond acceptors (Lipinski definition) is 5. The molecule has 96 valence electrons. The summed E-state index contributed by atoms with van der Waals surface area (Å²) in [5.74, 6) is 0. The van der Waals surface area contributed by atoms with Crippen LogP contribution < -0.4 is 0 Å². The van der Waals surface area contributed by atoms with Gasteiger partial charge in [0.25, 0.3) is 10.0 Å². The van der Waals surface area contributed by atoms with Gasteiger partial charge in [-0.3, -0.25) is 0 Å². The average Bonchev–Trinajstić information content (AvgIpc) is 2.53. The van der Waals surface area contributed by atoms with Crippen LogP contribution in [0, 0.1) is 6.92 Å². The van der Waals surface area contributed by atoms with Gasteiger partial charge in [0.1, 0.15) is 0 Å². The molecule has 1 aliphatic heterocycles. The van der Waals surface area contributed by atoms with E-state index in [-0.39, 0.29) is 10.4 Å². The van der Waals surface area contributed by atoms with Crippen LogP contribution in [-0.4, -0.2) is 43.5 Å². The zero-order valence-electron chi connectivity index (χ0n) is 9.51. The van der Waals surface area contributed by atoms with Crippen molar-refractivity contribution in [3.8, 4) is 0 Å². The maximum Gasteiger partial charge on any atom is 0.270 e. The zero-order chi connectivity index (χ0) is 12.6. The molecule has 0 aliphatic carbocycles. The van der Waals surface area contributed by atoms with E-state index in [0.29, 0.717) is 25.4 Å². The molecule has 1 saturated heterocycles. The average molecular weight is 341 g/mol. The molecule has 1 aliphatic rings. The molecule has 0 spiro atoms. The number of sulfonamides is 1. The van der Waals surface area contributed by atoms with Crippen LogP contribution in [0.3, 0.4) is 0 Å². The molecule has 1 aromatic heterocycles. The van der Waals surface area contributed by atoms with Gasteiger partial charge in [-0.2, -0.15) is 4.31 Å². The zero-order valence-corrected chi connectivity index (χ0v) is 12.7. The smallest absolute Gasteiger partial charge is 0.270 e. The topological polar surface area (TPSA) is 59.5 Å². The van der Waals surface area contributed by atoms with E-state index in [9.17, 15) is 8.42 Å². The normalized spacial score (nSPS) is 18.3. The summed E-state index contributed by atoms with van der Waals surface area (Å²) >= 11 is 4.43. The predicted octanol–water partition coefficient (Wildman–Crippen LogP) is 1.62. The summed E-state index contributed by atoms with van der Waals surface area (Å²) in [6.45, 7) is 5.14. The van der Waals surface area contributed by atoms with Crippen LogP contribution in [0.25, 0.3) is 0 Å². The van der Waals surface area contributed by atoms with Crippen molar-refractivity contribution in [1.82, 2.24) is 9.29 Å². The first-order chi connectivity index (χ1) is 7.95. The minimum Gasteiger partial charge on any atom is -0.376 e. The van der Waals surface area contributed by atoms with Crippen LogP contribution in [0.5, 0.6) is 0 Å². The van der Waals surface area contributed by atoms with E-state index in [0.717, 1.165) is 15.1 Å². The van der Waals surface area contributed by atoms with E-state index in [1.165, 1.54) is 4.31 Å². The number of halogens is 1. The largest absolute Gasteiger partial charge is 0.376 e. The third-order valence-electron chi connectivity index (χ3n) is 2.50. The highest BCUT2D eigenvalue weighted by atomic mass is 79.9. The van der Waals surface area contributed by atoms with E-state index in [1.807, 2.05) is 6.92 Å². The molecule has 0 aromatic carbocycles. The van der Waals surface area contributed by atoms with E-state index < -0.39 is 10.0 Å². The van der Waals surface area contributed by atoms with Crippen molar-refractivity contribution in [1.29, 1.82) is 0 Å². The molecule has 8 heteroatoms. The molecule has 0 N–H and O–H groups in total. The second-order valence-electron chi connectivity index (χ2n) is 3.74. The molecule has 0 atom stereocenters. The van der Waals surface area contributed by atoms with Gasteiger partial charge in [-0.25, -0.2) is 13.4 Å². The van der Waals surface area contributed by atoms with Crippen LogP contribution in [0.15, 0.2) is 8.13 Å². The number of ether oxygens (including phenoxy) is 1. The third-order valence-corrected chi connectivity index (χ3v) is 6.69. The molecular weight excluding hydrogens is 328 g/mol. The van der Waals surface area contributed by atoms with Crippen LogP contribution in [0.2, 0.25) is 0 Å². The molecule has 2 rings (SSSR count). The number of hydrogen-bond donors (Lipinski definition) is 0. The Morgan fingerprint density at radius 1 is 1.59 bits per heavy atom. The summed E-state index contributed by atoms with van der Waals surface area (Å²) in [6, 6.07) is 0. The van der Waals surface area contributed by atoms with Gasteiger partial charge < -0.3 is 4.74 Å². The summed E-state index contributed by atoms with van der Waals surface area (Å²) in [5, 5.41) is 0. The summed E-state index contributed by atoms with van der Waals surface area (Å²) in [7, 11) is -3.42. The van der Waals surface area contributed by atoms with E-state index in [1.54, 1.807) is 6.92 Å². The molecule has 1 fully saturated rings. The lowest BCUT2D eigenvalue weighted by Gasteiger charge is -2.36. The van der Waals surface area contributed by atoms with Gasteiger partial charge in [0, 0.05) is 19.7 Å². The van der Waals surface area contributed by atoms with Crippen molar-refractivity contribution in [2.45, 2.75) is 24.3 Å². The highest BCUT2D eigenvalue weighted by Crippen LogP contribution is 2.31. The Morgan fingerprint density at radius 2 is 2.24 bits per heavy atom. The van der Waals surface area contributed by atoms with Crippen LogP contribution in [0.1, 0.15) is 12.6 Å². The summed E-state index contributed by atoms with van der Waals surface area (Å²) in [4.78, 5) is 4.06. The first-order valence-electron chi connectivity index (χ1n) is 5.19. The minimum atomic E-state index is -3.42. The standard InChI is InChI=1S/C9H13BrN2O3S2/c1-3-15-7-4-12(5-7)17(13,14)9-11-6(2)8(10)16-9/h7H,3-5H2,1-2H3. The molecule has 1 aromatic rings. The van der Waals surface area contributed by atoms with Crippen molar-refractivity contribution < 1.29 is 13.2 Å². The van der Waals surface area contributed by atoms with Gasteiger partial charge >= 0.3 is 0 Å². The first kappa shape index (κ1) is 13.4. The molecule has 0 saturated carbocycles. The molecule has 5 nitrogen and oxygen atoms in total. The molecule has 2 heterocycles. The Labute approximate surface area is 113 Å². The lowest BCUT2D eigenvalue weighted by atomic mass is 10.2. The second kappa shape index (κ2) is 4.93. The van der Waals surface area contributed by atoms with E-state index in [2.05, 4.69) is 20.9 Å². The fourth-order valence-electron chi connectivity index (χ4n) is 1.51. The minimum absolute atomic E-state index is 0.0271. The monoisotopic (exact) mass is 340 g/mol. The summed E-state index contributed by atoms with van der Waals surface area (Å²) < 4.78 is 31.9. The molecule has 0 bridgehead atoms. The number of rotatable bonds is 4. The fourth-order valence-corrected chi connectivity index (χ4v) is 5.10. The van der Waals surface area contributed by atoms with Crippen LogP contribution in [0.4, 0.5) is 0 Å². The summed E-state index contributed by atoms with van der Waals surface area (Å²) in [6.07, 6.45) is 0.0271. The van der Waals surface area contributed by atoms with E-state index in [4.69, 9.17) is 4.74 Å². The van der Waals surface area contributed by atoms with Crippen molar-refractivity contribution in [2.24, 2.45) is 0 Å². The highest BCUT2D eigenvalue weighted by molar-refractivity contribution is 9.11. The molecule has 0 radical (unpaired) electrons. The fraction of sp³-hybridized carbons (Fsp3) is 0.667. The number of aromatic nitrogens is 1. The van der Waals surface area contributed by atoms with Gasteiger partial charge in [-0.1, -0.05) is 11.3 Å². The lowest BCUT2D eigenvalue weighted by Crippen LogP contribution is -2.54. The Bertz CT molecular complexity index is 489. The number of nitrogens with zero attached hydrogens (tertiary/aromatic N) is 2. The quantitative estimate of drug-likeness (QED) is 0.835. The van der Waals surface area contributed by atoms with Gasteiger partial charge in [-0.15, -0.1) is 0 Å². The first-order valence-corrected chi connectivity index (χ1v) is 8.24. The summed E-state index contributed by atoms with van der Waals surface area (Å²) in [5.41, 5.74) is 0.704. The predicted molar refractivity (Wildman–Crippen MR) is 68.7 cm³/mol.